The van der Waals surface area contributed by atoms with Crippen molar-refractivity contribution < 1.29 is 9.59 Å². The van der Waals surface area contributed by atoms with Crippen molar-refractivity contribution >= 4 is 12.2 Å². The first-order chi connectivity index (χ1) is 9.04. The molecule has 0 aromatic rings. The fraction of sp³-hybridized carbons (Fsp3) is 0.867. The van der Waals surface area contributed by atoms with Crippen LogP contribution in [-0.2, 0) is 9.59 Å². The van der Waals surface area contributed by atoms with Crippen LogP contribution in [-0.4, -0.2) is 36.7 Å². The lowest BCUT2D eigenvalue weighted by Gasteiger charge is -2.26. The highest BCUT2D eigenvalue weighted by Gasteiger charge is 2.21. The first kappa shape index (κ1) is 18.1. The number of hydrogen-bond acceptors (Lipinski definition) is 3. The Morgan fingerprint density at radius 1 is 1.11 bits per heavy atom. The van der Waals surface area contributed by atoms with Crippen LogP contribution < -0.4 is 5.73 Å². The highest BCUT2D eigenvalue weighted by atomic mass is 16.2. The molecule has 0 spiro atoms. The van der Waals surface area contributed by atoms with Gasteiger partial charge in [-0.15, -0.1) is 0 Å². The van der Waals surface area contributed by atoms with Crippen LogP contribution in [0.15, 0.2) is 0 Å². The zero-order valence-corrected chi connectivity index (χ0v) is 12.7. The molecule has 0 rings (SSSR count). The predicted molar refractivity (Wildman–Crippen MR) is 78.8 cm³/mol. The van der Waals surface area contributed by atoms with Crippen LogP contribution in [0.1, 0.15) is 58.8 Å². The van der Waals surface area contributed by atoms with Gasteiger partial charge in [-0.2, -0.15) is 0 Å². The van der Waals surface area contributed by atoms with Crippen molar-refractivity contribution in [2.45, 2.75) is 64.8 Å². The fourth-order valence-electron chi connectivity index (χ4n) is 2.17. The number of nitrogens with two attached hydrogens (primary N) is 1. The summed E-state index contributed by atoms with van der Waals surface area (Å²) in [5, 5.41) is 0. The smallest absolute Gasteiger partial charge is 0.222 e. The quantitative estimate of drug-likeness (QED) is 0.463. The summed E-state index contributed by atoms with van der Waals surface area (Å²) in [4.78, 5) is 24.5. The number of aldehydes is 1. The molecule has 0 bridgehead atoms. The summed E-state index contributed by atoms with van der Waals surface area (Å²) in [5.74, 6) is 0.246. The number of rotatable bonds is 11. The van der Waals surface area contributed by atoms with Crippen LogP contribution in [0, 0.1) is 5.92 Å². The number of carbonyl (C=O) groups is 2. The van der Waals surface area contributed by atoms with Crippen LogP contribution in [0.3, 0.4) is 0 Å². The molecular formula is C15H30N2O2. The van der Waals surface area contributed by atoms with E-state index in [1.807, 2.05) is 13.8 Å². The monoisotopic (exact) mass is 270 g/mol. The average molecular weight is 270 g/mol. The van der Waals surface area contributed by atoms with Crippen molar-refractivity contribution in [3.05, 3.63) is 0 Å². The molecule has 4 heteroatoms. The van der Waals surface area contributed by atoms with Crippen molar-refractivity contribution in [3.8, 4) is 0 Å². The molecule has 112 valence electrons. The second kappa shape index (κ2) is 11.0. The van der Waals surface area contributed by atoms with Gasteiger partial charge in [0.25, 0.3) is 0 Å². The molecule has 0 fully saturated rings. The minimum atomic E-state index is -0.294. The number of hydrogen-bond donors (Lipinski definition) is 1. The van der Waals surface area contributed by atoms with E-state index < -0.39 is 0 Å². The van der Waals surface area contributed by atoms with Crippen molar-refractivity contribution in [2.24, 2.45) is 11.7 Å². The number of likely N-dealkylation sites (N-methyl/N-ethyl adjacent to an activating group) is 1. The van der Waals surface area contributed by atoms with Crippen molar-refractivity contribution in [2.75, 3.05) is 13.6 Å². The van der Waals surface area contributed by atoms with E-state index in [4.69, 9.17) is 5.73 Å². The largest absolute Gasteiger partial charge is 0.336 e. The lowest BCUT2D eigenvalue weighted by molar-refractivity contribution is -0.136. The second-order valence-electron chi connectivity index (χ2n) is 5.54. The van der Waals surface area contributed by atoms with Crippen molar-refractivity contribution in [3.63, 3.8) is 0 Å². The SMILES string of the molecule is CC(C)C(C=O)N(C)C(=O)CCCCCCCCN. The van der Waals surface area contributed by atoms with Gasteiger partial charge in [-0.1, -0.05) is 39.5 Å². The Morgan fingerprint density at radius 2 is 1.63 bits per heavy atom. The van der Waals surface area contributed by atoms with E-state index in [9.17, 15) is 9.59 Å². The normalized spacial score (nSPS) is 12.5. The number of amides is 1. The summed E-state index contributed by atoms with van der Waals surface area (Å²) < 4.78 is 0. The van der Waals surface area contributed by atoms with E-state index in [0.717, 1.165) is 38.5 Å². The van der Waals surface area contributed by atoms with Gasteiger partial charge in [0, 0.05) is 13.5 Å². The van der Waals surface area contributed by atoms with Gasteiger partial charge in [0.05, 0.1) is 6.04 Å². The van der Waals surface area contributed by atoms with Crippen LogP contribution in [0.25, 0.3) is 0 Å². The molecule has 0 aromatic heterocycles. The maximum absolute atomic E-state index is 11.9. The Hall–Kier alpha value is -0.900. The van der Waals surface area contributed by atoms with E-state index in [1.54, 1.807) is 11.9 Å². The first-order valence-corrected chi connectivity index (χ1v) is 7.45. The molecule has 1 atom stereocenters. The molecular weight excluding hydrogens is 240 g/mol. The molecule has 0 aliphatic heterocycles. The van der Waals surface area contributed by atoms with Crippen LogP contribution in [0.5, 0.6) is 0 Å². The molecule has 0 heterocycles. The molecule has 0 aliphatic rings. The molecule has 0 radical (unpaired) electrons. The Balaban J connectivity index is 3.76. The highest BCUT2D eigenvalue weighted by molar-refractivity contribution is 5.79. The minimum Gasteiger partial charge on any atom is -0.336 e. The third kappa shape index (κ3) is 7.98. The van der Waals surface area contributed by atoms with Gasteiger partial charge in [-0.05, 0) is 25.3 Å². The summed E-state index contributed by atoms with van der Waals surface area (Å²) in [6.45, 7) is 4.69. The van der Waals surface area contributed by atoms with Crippen LogP contribution in [0.4, 0.5) is 0 Å². The van der Waals surface area contributed by atoms with Gasteiger partial charge in [-0.3, -0.25) is 4.79 Å². The molecule has 4 nitrogen and oxygen atoms in total. The molecule has 1 amide bonds. The molecule has 0 saturated carbocycles. The lowest BCUT2D eigenvalue weighted by Crippen LogP contribution is -2.41. The topological polar surface area (TPSA) is 63.4 Å². The Morgan fingerprint density at radius 3 is 2.11 bits per heavy atom. The second-order valence-corrected chi connectivity index (χ2v) is 5.54. The maximum atomic E-state index is 11.9. The van der Waals surface area contributed by atoms with E-state index in [1.165, 1.54) is 12.8 Å². The molecule has 2 N–H and O–H groups in total. The number of nitrogens with zero attached hydrogens (tertiary/aromatic N) is 1. The third-order valence-corrected chi connectivity index (χ3v) is 3.51. The number of unbranched alkanes of at least 4 members (excludes halogenated alkanes) is 5. The first-order valence-electron chi connectivity index (χ1n) is 7.45. The van der Waals surface area contributed by atoms with Crippen LogP contribution >= 0.6 is 0 Å². The summed E-state index contributed by atoms with van der Waals surface area (Å²) in [5.41, 5.74) is 5.43. The highest BCUT2D eigenvalue weighted by Crippen LogP contribution is 2.11. The van der Waals surface area contributed by atoms with Gasteiger partial charge >= 0.3 is 0 Å². The fourth-order valence-corrected chi connectivity index (χ4v) is 2.17. The van der Waals surface area contributed by atoms with Gasteiger partial charge in [0.1, 0.15) is 6.29 Å². The van der Waals surface area contributed by atoms with Gasteiger partial charge in [0.15, 0.2) is 0 Å². The number of carbonyl (C=O) groups excluding carboxylic acids is 2. The third-order valence-electron chi connectivity index (χ3n) is 3.51. The minimum absolute atomic E-state index is 0.0766. The van der Waals surface area contributed by atoms with E-state index in [0.29, 0.717) is 6.42 Å². The summed E-state index contributed by atoms with van der Waals surface area (Å²) in [6, 6.07) is -0.294. The Bertz CT molecular complexity index is 255. The summed E-state index contributed by atoms with van der Waals surface area (Å²) >= 11 is 0. The molecule has 1 unspecified atom stereocenters. The van der Waals surface area contributed by atoms with E-state index >= 15 is 0 Å². The average Bonchev–Trinajstić information content (AvgIpc) is 2.37. The Labute approximate surface area is 117 Å². The molecule has 0 aromatic carbocycles. The summed E-state index contributed by atoms with van der Waals surface area (Å²) in [6.07, 6.45) is 8.05. The molecule has 0 saturated heterocycles. The zero-order valence-electron chi connectivity index (χ0n) is 12.7. The molecule has 0 aliphatic carbocycles. The van der Waals surface area contributed by atoms with E-state index in [-0.39, 0.29) is 17.9 Å². The van der Waals surface area contributed by atoms with Gasteiger partial charge < -0.3 is 15.4 Å². The van der Waals surface area contributed by atoms with Crippen molar-refractivity contribution in [1.82, 2.24) is 4.90 Å². The van der Waals surface area contributed by atoms with E-state index in [2.05, 4.69) is 0 Å². The van der Waals surface area contributed by atoms with Gasteiger partial charge in [-0.25, -0.2) is 0 Å². The lowest BCUT2D eigenvalue weighted by atomic mass is 10.0. The van der Waals surface area contributed by atoms with Gasteiger partial charge in [0.2, 0.25) is 5.91 Å². The summed E-state index contributed by atoms with van der Waals surface area (Å²) in [7, 11) is 1.72. The maximum Gasteiger partial charge on any atom is 0.222 e. The zero-order chi connectivity index (χ0) is 14.7. The predicted octanol–water partition coefficient (Wildman–Crippen LogP) is 2.36. The van der Waals surface area contributed by atoms with Crippen LogP contribution in [0.2, 0.25) is 0 Å². The van der Waals surface area contributed by atoms with Crippen molar-refractivity contribution in [1.29, 1.82) is 0 Å². The standard InChI is InChI=1S/C15H30N2O2/c1-13(2)14(12-18)17(3)15(19)10-8-6-4-5-7-9-11-16/h12-14H,4-11,16H2,1-3H3. The molecule has 19 heavy (non-hydrogen) atoms. The Kier molecular flexibility index (Phi) is 10.5.